The summed E-state index contributed by atoms with van der Waals surface area (Å²) >= 11 is 0. The molecule has 19 heavy (non-hydrogen) atoms. The Morgan fingerprint density at radius 3 is 2.79 bits per heavy atom. The fraction of sp³-hybridized carbons (Fsp3) is 0.636. The zero-order valence-electron chi connectivity index (χ0n) is 10.9. The second-order valence-corrected chi connectivity index (χ2v) is 4.21. The predicted octanol–water partition coefficient (Wildman–Crippen LogP) is 1.01. The number of amides is 1. The van der Waals surface area contributed by atoms with Gasteiger partial charge in [0.25, 0.3) is 0 Å². The minimum Gasteiger partial charge on any atom is -0.355 e. The molecule has 5 nitrogen and oxygen atoms in total. The molecule has 1 N–H and O–H groups in total. The van der Waals surface area contributed by atoms with Gasteiger partial charge in [0.15, 0.2) is 0 Å². The van der Waals surface area contributed by atoms with Gasteiger partial charge in [-0.25, -0.2) is 4.98 Å². The Bertz CT molecular complexity index is 416. The number of carbonyl (C=O) groups excluding carboxylic acids is 1. The Hall–Kier alpha value is -1.57. The fourth-order valence-electron chi connectivity index (χ4n) is 1.62. The van der Waals surface area contributed by atoms with E-state index in [4.69, 9.17) is 0 Å². The third-order valence-corrected chi connectivity index (χ3v) is 2.35. The van der Waals surface area contributed by atoms with Gasteiger partial charge in [-0.05, 0) is 14.0 Å². The van der Waals surface area contributed by atoms with E-state index in [0.717, 1.165) is 4.57 Å². The van der Waals surface area contributed by atoms with Crippen molar-refractivity contribution in [2.24, 2.45) is 0 Å². The summed E-state index contributed by atoms with van der Waals surface area (Å²) < 4.78 is 38.0. The number of alkyl halides is 3. The average molecular weight is 278 g/mol. The van der Waals surface area contributed by atoms with Crippen LogP contribution in [0, 0.1) is 0 Å². The number of likely N-dealkylation sites (N-methyl/N-ethyl adjacent to an activating group) is 2. The normalized spacial score (nSPS) is 11.9. The minimum atomic E-state index is -4.28. The zero-order valence-corrected chi connectivity index (χ0v) is 10.9. The van der Waals surface area contributed by atoms with E-state index in [9.17, 15) is 18.0 Å². The molecule has 0 aromatic carbocycles. The first kappa shape index (κ1) is 15.5. The summed E-state index contributed by atoms with van der Waals surface area (Å²) in [6, 6.07) is 0. The standard InChI is InChI=1S/C11H17F3N4O/c1-3-15-10(19)7-17(2)6-9-16-4-5-18(9)8-11(12,13)14/h4-5H,3,6-8H2,1-2H3,(H,15,19). The average Bonchev–Trinajstić information content (AvgIpc) is 2.63. The number of nitrogens with one attached hydrogen (secondary N) is 1. The molecule has 0 bridgehead atoms. The third kappa shape index (κ3) is 5.73. The summed E-state index contributed by atoms with van der Waals surface area (Å²) in [4.78, 5) is 16.8. The molecule has 0 radical (unpaired) electrons. The van der Waals surface area contributed by atoms with Crippen molar-refractivity contribution in [3.63, 3.8) is 0 Å². The van der Waals surface area contributed by atoms with Gasteiger partial charge in [0.1, 0.15) is 12.4 Å². The van der Waals surface area contributed by atoms with Crippen molar-refractivity contribution >= 4 is 5.91 Å². The summed E-state index contributed by atoms with van der Waals surface area (Å²) in [5.41, 5.74) is 0. The Labute approximate surface area is 109 Å². The van der Waals surface area contributed by atoms with Gasteiger partial charge in [0.05, 0.1) is 13.1 Å². The molecule has 0 aliphatic rings. The highest BCUT2D eigenvalue weighted by Crippen LogP contribution is 2.18. The van der Waals surface area contributed by atoms with Crippen LogP contribution in [0.1, 0.15) is 12.7 Å². The monoisotopic (exact) mass is 278 g/mol. The van der Waals surface area contributed by atoms with Crippen LogP contribution in [-0.4, -0.2) is 46.7 Å². The fourth-order valence-corrected chi connectivity index (χ4v) is 1.62. The molecule has 0 aliphatic heterocycles. The van der Waals surface area contributed by atoms with Crippen LogP contribution in [0.25, 0.3) is 0 Å². The third-order valence-electron chi connectivity index (χ3n) is 2.35. The summed E-state index contributed by atoms with van der Waals surface area (Å²) in [5.74, 6) is 0.114. The maximum atomic E-state index is 12.3. The van der Waals surface area contributed by atoms with Gasteiger partial charge in [-0.15, -0.1) is 0 Å². The van der Waals surface area contributed by atoms with Crippen molar-refractivity contribution in [2.75, 3.05) is 20.1 Å². The van der Waals surface area contributed by atoms with Crippen molar-refractivity contribution in [3.8, 4) is 0 Å². The van der Waals surface area contributed by atoms with E-state index >= 15 is 0 Å². The predicted molar refractivity (Wildman–Crippen MR) is 63.3 cm³/mol. The Balaban J connectivity index is 2.57. The lowest BCUT2D eigenvalue weighted by molar-refractivity contribution is -0.141. The highest BCUT2D eigenvalue weighted by molar-refractivity contribution is 5.77. The molecule has 0 atom stereocenters. The molecule has 0 spiro atoms. The highest BCUT2D eigenvalue weighted by Gasteiger charge is 2.28. The Kier molecular flexibility index (Phi) is 5.34. The lowest BCUT2D eigenvalue weighted by Gasteiger charge is -2.17. The molecule has 1 aromatic heterocycles. The number of rotatable bonds is 6. The van der Waals surface area contributed by atoms with Crippen LogP contribution in [0.15, 0.2) is 12.4 Å². The van der Waals surface area contributed by atoms with Gasteiger partial charge in [-0.2, -0.15) is 13.2 Å². The molecule has 1 aromatic rings. The lowest BCUT2D eigenvalue weighted by atomic mass is 10.4. The van der Waals surface area contributed by atoms with E-state index in [1.807, 2.05) is 0 Å². The molecule has 0 unspecified atom stereocenters. The van der Waals surface area contributed by atoms with E-state index in [1.54, 1.807) is 18.9 Å². The zero-order chi connectivity index (χ0) is 14.5. The molecule has 108 valence electrons. The molecule has 0 saturated carbocycles. The summed E-state index contributed by atoms with van der Waals surface area (Å²) in [5, 5.41) is 2.62. The molecule has 8 heteroatoms. The summed E-state index contributed by atoms with van der Waals surface area (Å²) in [7, 11) is 1.65. The quantitative estimate of drug-likeness (QED) is 0.845. The van der Waals surface area contributed by atoms with Gasteiger partial charge < -0.3 is 9.88 Å². The Morgan fingerprint density at radius 1 is 1.53 bits per heavy atom. The molecular formula is C11H17F3N4O. The summed E-state index contributed by atoms with van der Waals surface area (Å²) in [6.45, 7) is 1.55. The lowest BCUT2D eigenvalue weighted by Crippen LogP contribution is -2.35. The molecule has 1 rings (SSSR count). The van der Waals surface area contributed by atoms with E-state index in [0.29, 0.717) is 6.54 Å². The second kappa shape index (κ2) is 6.55. The van der Waals surface area contributed by atoms with Gasteiger partial charge >= 0.3 is 6.18 Å². The first-order valence-corrected chi connectivity index (χ1v) is 5.84. The van der Waals surface area contributed by atoms with Gasteiger partial charge in [-0.3, -0.25) is 9.69 Å². The first-order chi connectivity index (χ1) is 8.81. The minimum absolute atomic E-state index is 0.118. The smallest absolute Gasteiger partial charge is 0.355 e. The van der Waals surface area contributed by atoms with E-state index in [1.165, 1.54) is 12.4 Å². The number of halogens is 3. The number of aromatic nitrogens is 2. The van der Waals surface area contributed by atoms with Gasteiger partial charge in [0.2, 0.25) is 5.91 Å². The van der Waals surface area contributed by atoms with Crippen LogP contribution in [0.4, 0.5) is 13.2 Å². The summed E-state index contributed by atoms with van der Waals surface area (Å²) in [6.07, 6.45) is -1.68. The Morgan fingerprint density at radius 2 is 2.21 bits per heavy atom. The number of hydrogen-bond donors (Lipinski definition) is 1. The number of imidazole rings is 1. The van der Waals surface area contributed by atoms with Crippen molar-refractivity contribution in [2.45, 2.75) is 26.2 Å². The van der Waals surface area contributed by atoms with Crippen molar-refractivity contribution < 1.29 is 18.0 Å². The van der Waals surface area contributed by atoms with Gasteiger partial charge in [-0.1, -0.05) is 0 Å². The van der Waals surface area contributed by atoms with Crippen molar-refractivity contribution in [1.82, 2.24) is 19.8 Å². The highest BCUT2D eigenvalue weighted by atomic mass is 19.4. The van der Waals surface area contributed by atoms with E-state index in [2.05, 4.69) is 10.3 Å². The van der Waals surface area contributed by atoms with Crippen molar-refractivity contribution in [3.05, 3.63) is 18.2 Å². The van der Waals surface area contributed by atoms with Crippen molar-refractivity contribution in [1.29, 1.82) is 0 Å². The van der Waals surface area contributed by atoms with Crippen LogP contribution >= 0.6 is 0 Å². The SMILES string of the molecule is CCNC(=O)CN(C)Cc1nccn1CC(F)(F)F. The van der Waals surface area contributed by atoms with E-state index < -0.39 is 12.7 Å². The number of nitrogens with zero attached hydrogens (tertiary/aromatic N) is 3. The van der Waals surface area contributed by atoms with Crippen LogP contribution < -0.4 is 5.32 Å². The molecule has 1 amide bonds. The van der Waals surface area contributed by atoms with Crippen LogP contribution in [-0.2, 0) is 17.9 Å². The van der Waals surface area contributed by atoms with Crippen LogP contribution in [0.2, 0.25) is 0 Å². The van der Waals surface area contributed by atoms with E-state index in [-0.39, 0.29) is 24.8 Å². The number of carbonyl (C=O) groups is 1. The van der Waals surface area contributed by atoms with Crippen LogP contribution in [0.5, 0.6) is 0 Å². The van der Waals surface area contributed by atoms with Crippen LogP contribution in [0.3, 0.4) is 0 Å². The maximum Gasteiger partial charge on any atom is 0.406 e. The number of hydrogen-bond acceptors (Lipinski definition) is 3. The maximum absolute atomic E-state index is 12.3. The molecule has 0 aliphatic carbocycles. The first-order valence-electron chi connectivity index (χ1n) is 5.84. The molecule has 0 fully saturated rings. The molecule has 1 heterocycles. The second-order valence-electron chi connectivity index (χ2n) is 4.21. The molecular weight excluding hydrogens is 261 g/mol. The topological polar surface area (TPSA) is 50.2 Å². The van der Waals surface area contributed by atoms with Gasteiger partial charge in [0, 0.05) is 18.9 Å². The molecule has 0 saturated heterocycles. The largest absolute Gasteiger partial charge is 0.406 e.